The number of para-hydroxylation sites is 1. The molecule has 3 rings (SSSR count). The molecule has 1 amide bonds. The minimum atomic E-state index is -0.486. The molecule has 7 heteroatoms. The molecule has 0 spiro atoms. The standard InChI is InChI=1S/C16H20N4O3/c1-18-16(23)20(13-7-3-2-4-8-13)15(17-18)12-6-5-9-19(10-12)14(22)11-21/h2-4,7-8,12,21H,5-6,9-11H2,1H3/t12-/m0/s1. The molecule has 1 atom stereocenters. The molecule has 2 aromatic rings. The van der Waals surface area contributed by atoms with Gasteiger partial charge in [-0.2, -0.15) is 5.10 Å². The number of piperidine rings is 1. The third-order valence-electron chi connectivity index (χ3n) is 4.24. The normalized spacial score (nSPS) is 18.2. The van der Waals surface area contributed by atoms with Crippen molar-refractivity contribution in [1.29, 1.82) is 0 Å². The number of aromatic nitrogens is 3. The molecule has 1 fully saturated rings. The molecule has 0 unspecified atom stereocenters. The highest BCUT2D eigenvalue weighted by molar-refractivity contribution is 5.77. The van der Waals surface area contributed by atoms with Gasteiger partial charge >= 0.3 is 5.69 Å². The molecule has 1 N–H and O–H groups in total. The van der Waals surface area contributed by atoms with E-state index < -0.39 is 6.61 Å². The van der Waals surface area contributed by atoms with Gasteiger partial charge in [-0.1, -0.05) is 18.2 Å². The smallest absolute Gasteiger partial charge is 0.350 e. The van der Waals surface area contributed by atoms with Crippen LogP contribution in [0.4, 0.5) is 0 Å². The van der Waals surface area contributed by atoms with Crippen LogP contribution in [0.3, 0.4) is 0 Å². The van der Waals surface area contributed by atoms with Crippen LogP contribution in [0.15, 0.2) is 35.1 Å². The molecule has 1 aliphatic rings. The summed E-state index contributed by atoms with van der Waals surface area (Å²) in [6.07, 6.45) is 1.69. The summed E-state index contributed by atoms with van der Waals surface area (Å²) in [5.74, 6) is 0.367. The molecule has 0 aliphatic carbocycles. The predicted octanol–water partition coefficient (Wildman–Crippen LogP) is 0.269. The van der Waals surface area contributed by atoms with E-state index in [1.807, 2.05) is 30.3 Å². The van der Waals surface area contributed by atoms with Gasteiger partial charge in [0.2, 0.25) is 5.91 Å². The summed E-state index contributed by atoms with van der Waals surface area (Å²) >= 11 is 0. The Hall–Kier alpha value is -2.41. The fourth-order valence-corrected chi connectivity index (χ4v) is 3.08. The topological polar surface area (TPSA) is 80.4 Å². The quantitative estimate of drug-likeness (QED) is 0.881. The van der Waals surface area contributed by atoms with E-state index in [-0.39, 0.29) is 17.5 Å². The number of rotatable bonds is 3. The summed E-state index contributed by atoms with van der Waals surface area (Å²) in [6, 6.07) is 9.38. The van der Waals surface area contributed by atoms with Gasteiger partial charge in [0.1, 0.15) is 12.4 Å². The minimum absolute atomic E-state index is 0.0200. The van der Waals surface area contributed by atoms with Crippen LogP contribution in [-0.2, 0) is 11.8 Å². The molecule has 0 radical (unpaired) electrons. The van der Waals surface area contributed by atoms with Crippen LogP contribution >= 0.6 is 0 Å². The molecule has 2 heterocycles. The number of amides is 1. The van der Waals surface area contributed by atoms with Crippen molar-refractivity contribution in [3.63, 3.8) is 0 Å². The first kappa shape index (κ1) is 15.5. The second kappa shape index (κ2) is 6.37. The molecule has 122 valence electrons. The van der Waals surface area contributed by atoms with Crippen molar-refractivity contribution < 1.29 is 9.90 Å². The van der Waals surface area contributed by atoms with Gasteiger partial charge < -0.3 is 10.0 Å². The van der Waals surface area contributed by atoms with Crippen LogP contribution in [0.2, 0.25) is 0 Å². The number of aryl methyl sites for hydroxylation is 1. The van der Waals surface area contributed by atoms with Gasteiger partial charge in [-0.3, -0.25) is 4.79 Å². The van der Waals surface area contributed by atoms with Gasteiger partial charge in [0.15, 0.2) is 0 Å². The SMILES string of the molecule is Cn1nc([C@H]2CCCN(C(=O)CO)C2)n(-c2ccccc2)c1=O. The van der Waals surface area contributed by atoms with Crippen LogP contribution in [0.1, 0.15) is 24.6 Å². The zero-order chi connectivity index (χ0) is 16.4. The predicted molar refractivity (Wildman–Crippen MR) is 84.4 cm³/mol. The first-order chi connectivity index (χ1) is 11.1. The lowest BCUT2D eigenvalue weighted by molar-refractivity contribution is -0.135. The Bertz CT molecular complexity index is 750. The summed E-state index contributed by atoms with van der Waals surface area (Å²) in [6.45, 7) is 0.626. The number of aliphatic hydroxyl groups is 1. The minimum Gasteiger partial charge on any atom is -0.387 e. The van der Waals surface area contributed by atoms with Gasteiger partial charge in [0.25, 0.3) is 0 Å². The van der Waals surface area contributed by atoms with Gasteiger partial charge in [0.05, 0.1) is 5.69 Å². The van der Waals surface area contributed by atoms with Crippen LogP contribution in [0, 0.1) is 0 Å². The van der Waals surface area contributed by atoms with Crippen LogP contribution in [-0.4, -0.2) is 50.0 Å². The van der Waals surface area contributed by atoms with E-state index in [1.165, 1.54) is 4.68 Å². The molecule has 1 aromatic heterocycles. The second-order valence-electron chi connectivity index (χ2n) is 5.77. The van der Waals surface area contributed by atoms with Crippen molar-refractivity contribution in [3.8, 4) is 5.69 Å². The molecule has 0 bridgehead atoms. The Morgan fingerprint density at radius 3 is 2.78 bits per heavy atom. The highest BCUT2D eigenvalue weighted by Gasteiger charge is 2.29. The summed E-state index contributed by atoms with van der Waals surface area (Å²) in [5, 5.41) is 13.5. The summed E-state index contributed by atoms with van der Waals surface area (Å²) in [5.41, 5.74) is 0.572. The van der Waals surface area contributed by atoms with Crippen molar-refractivity contribution in [2.24, 2.45) is 7.05 Å². The zero-order valence-electron chi connectivity index (χ0n) is 13.1. The van der Waals surface area contributed by atoms with E-state index in [9.17, 15) is 9.59 Å². The fourth-order valence-electron chi connectivity index (χ4n) is 3.08. The lowest BCUT2D eigenvalue weighted by Gasteiger charge is -2.31. The monoisotopic (exact) mass is 316 g/mol. The third kappa shape index (κ3) is 2.92. The average molecular weight is 316 g/mol. The number of hydrogen-bond acceptors (Lipinski definition) is 4. The van der Waals surface area contributed by atoms with Gasteiger partial charge in [-0.05, 0) is 25.0 Å². The Morgan fingerprint density at radius 2 is 2.09 bits per heavy atom. The highest BCUT2D eigenvalue weighted by atomic mass is 16.3. The van der Waals surface area contributed by atoms with Crippen molar-refractivity contribution in [2.45, 2.75) is 18.8 Å². The molecule has 7 nitrogen and oxygen atoms in total. The first-order valence-electron chi connectivity index (χ1n) is 7.72. The molecule has 1 aliphatic heterocycles. The Morgan fingerprint density at radius 1 is 1.35 bits per heavy atom. The van der Waals surface area contributed by atoms with E-state index in [0.717, 1.165) is 18.5 Å². The van der Waals surface area contributed by atoms with Crippen LogP contribution < -0.4 is 5.69 Å². The third-order valence-corrected chi connectivity index (χ3v) is 4.24. The van der Waals surface area contributed by atoms with Crippen molar-refractivity contribution >= 4 is 5.91 Å². The Balaban J connectivity index is 1.99. The first-order valence-corrected chi connectivity index (χ1v) is 7.72. The van der Waals surface area contributed by atoms with Crippen LogP contribution in [0.5, 0.6) is 0 Å². The number of likely N-dealkylation sites (tertiary alicyclic amines) is 1. The van der Waals surface area contributed by atoms with Crippen LogP contribution in [0.25, 0.3) is 5.69 Å². The van der Waals surface area contributed by atoms with E-state index in [0.29, 0.717) is 18.9 Å². The van der Waals surface area contributed by atoms with Crippen molar-refractivity contribution in [2.75, 3.05) is 19.7 Å². The number of aliphatic hydroxyl groups excluding tert-OH is 1. The van der Waals surface area contributed by atoms with Gasteiger partial charge in [-0.15, -0.1) is 0 Å². The largest absolute Gasteiger partial charge is 0.387 e. The van der Waals surface area contributed by atoms with Gasteiger partial charge in [0, 0.05) is 26.1 Å². The maximum Gasteiger partial charge on any atom is 0.350 e. The molecule has 23 heavy (non-hydrogen) atoms. The fraction of sp³-hybridized carbons (Fsp3) is 0.438. The lowest BCUT2D eigenvalue weighted by atomic mass is 9.97. The van der Waals surface area contributed by atoms with E-state index in [2.05, 4.69) is 5.10 Å². The Kier molecular flexibility index (Phi) is 4.29. The van der Waals surface area contributed by atoms with E-state index >= 15 is 0 Å². The lowest BCUT2D eigenvalue weighted by Crippen LogP contribution is -2.41. The number of nitrogens with zero attached hydrogens (tertiary/aromatic N) is 4. The molecule has 0 saturated carbocycles. The highest BCUT2D eigenvalue weighted by Crippen LogP contribution is 2.26. The number of carbonyl (C=O) groups excluding carboxylic acids is 1. The number of carbonyl (C=O) groups is 1. The molecular formula is C16H20N4O3. The summed E-state index contributed by atoms with van der Waals surface area (Å²) in [7, 11) is 1.63. The molecule has 1 saturated heterocycles. The second-order valence-corrected chi connectivity index (χ2v) is 5.77. The average Bonchev–Trinajstić information content (AvgIpc) is 2.90. The van der Waals surface area contributed by atoms with Crippen molar-refractivity contribution in [1.82, 2.24) is 19.2 Å². The van der Waals surface area contributed by atoms with E-state index in [1.54, 1.807) is 16.5 Å². The molecule has 1 aromatic carbocycles. The number of hydrogen-bond donors (Lipinski definition) is 1. The van der Waals surface area contributed by atoms with Crippen molar-refractivity contribution in [3.05, 3.63) is 46.6 Å². The summed E-state index contributed by atoms with van der Waals surface area (Å²) < 4.78 is 2.94. The van der Waals surface area contributed by atoms with Gasteiger partial charge in [-0.25, -0.2) is 14.0 Å². The maximum atomic E-state index is 12.4. The van der Waals surface area contributed by atoms with E-state index in [4.69, 9.17) is 5.11 Å². The summed E-state index contributed by atoms with van der Waals surface area (Å²) in [4.78, 5) is 25.8. The Labute approximate surface area is 133 Å². The number of benzene rings is 1. The molecular weight excluding hydrogens is 296 g/mol. The maximum absolute atomic E-state index is 12.4. The zero-order valence-corrected chi connectivity index (χ0v) is 13.1.